The highest BCUT2D eigenvalue weighted by Gasteiger charge is 2.24. The first-order valence-corrected chi connectivity index (χ1v) is 8.35. The predicted molar refractivity (Wildman–Crippen MR) is 99.5 cm³/mol. The normalized spacial score (nSPS) is 12.2. The number of nitro benzene ring substituents is 1. The number of imidazole rings is 1. The van der Waals surface area contributed by atoms with Crippen LogP contribution in [0.15, 0.2) is 42.5 Å². The quantitative estimate of drug-likeness (QED) is 0.492. The number of alkyl halides is 2. The second kappa shape index (κ2) is 7.59. The Morgan fingerprint density at radius 1 is 1.25 bits per heavy atom. The monoisotopic (exact) mass is 389 g/mol. The lowest BCUT2D eigenvalue weighted by atomic mass is 10.1. The second-order valence-electron chi connectivity index (χ2n) is 6.04. The van der Waals surface area contributed by atoms with E-state index in [1.165, 1.54) is 25.1 Å². The number of carbonyl (C=O) groups is 1. The van der Waals surface area contributed by atoms with Crippen molar-refractivity contribution in [2.75, 3.05) is 12.4 Å². The molecule has 146 valence electrons. The summed E-state index contributed by atoms with van der Waals surface area (Å²) >= 11 is 0. The number of non-ortho nitro benzene ring substituents is 1. The third-order valence-electron chi connectivity index (χ3n) is 4.28. The fraction of sp³-hybridized carbons (Fsp3) is 0.222. The highest BCUT2D eigenvalue weighted by molar-refractivity contribution is 6.00. The molecule has 1 unspecified atom stereocenters. The summed E-state index contributed by atoms with van der Waals surface area (Å²) in [4.78, 5) is 27.3. The van der Waals surface area contributed by atoms with Gasteiger partial charge in [-0.15, -0.1) is 0 Å². The van der Waals surface area contributed by atoms with Crippen LogP contribution in [-0.2, 0) is 0 Å². The Bertz CT molecular complexity index is 1050. The number of para-hydroxylation sites is 2. The van der Waals surface area contributed by atoms with Gasteiger partial charge in [0, 0.05) is 24.9 Å². The predicted octanol–water partition coefficient (Wildman–Crippen LogP) is 3.87. The highest BCUT2D eigenvalue weighted by atomic mass is 19.3. The summed E-state index contributed by atoms with van der Waals surface area (Å²) in [6.07, 6.45) is 0. The van der Waals surface area contributed by atoms with Crippen LogP contribution in [0, 0.1) is 10.1 Å². The lowest BCUT2D eigenvalue weighted by Crippen LogP contribution is -2.29. The van der Waals surface area contributed by atoms with Crippen molar-refractivity contribution in [2.45, 2.75) is 19.5 Å². The smallest absolute Gasteiger partial charge is 0.320 e. The molecule has 1 aromatic heterocycles. The number of benzene rings is 2. The summed E-state index contributed by atoms with van der Waals surface area (Å²) in [6.45, 7) is -1.32. The molecule has 1 heterocycles. The molecule has 0 aliphatic carbocycles. The Balaban J connectivity index is 1.96. The summed E-state index contributed by atoms with van der Waals surface area (Å²) in [5, 5.41) is 16.4. The molecular formula is C18H17F2N5O3. The average Bonchev–Trinajstić information content (AvgIpc) is 3.07. The van der Waals surface area contributed by atoms with Crippen LogP contribution in [0.4, 0.5) is 20.2 Å². The van der Waals surface area contributed by atoms with Crippen molar-refractivity contribution < 1.29 is 18.5 Å². The average molecular weight is 389 g/mol. The van der Waals surface area contributed by atoms with Crippen molar-refractivity contribution in [1.82, 2.24) is 14.9 Å². The molecular weight excluding hydrogens is 372 g/mol. The number of nitro groups is 1. The molecule has 3 aromatic rings. The highest BCUT2D eigenvalue weighted by Crippen LogP contribution is 2.27. The Kier molecular flexibility index (Phi) is 5.21. The minimum Gasteiger partial charge on any atom is -0.387 e. The zero-order chi connectivity index (χ0) is 20.4. The van der Waals surface area contributed by atoms with Crippen LogP contribution in [-0.4, -0.2) is 27.4 Å². The van der Waals surface area contributed by atoms with Gasteiger partial charge in [0.05, 0.1) is 27.6 Å². The van der Waals surface area contributed by atoms with Gasteiger partial charge in [-0.3, -0.25) is 19.5 Å². The second-order valence-corrected chi connectivity index (χ2v) is 6.04. The van der Waals surface area contributed by atoms with E-state index in [0.29, 0.717) is 11.2 Å². The van der Waals surface area contributed by atoms with Crippen molar-refractivity contribution in [1.29, 1.82) is 0 Å². The number of aromatic nitrogens is 2. The van der Waals surface area contributed by atoms with Gasteiger partial charge in [-0.25, -0.2) is 4.98 Å². The fourth-order valence-electron chi connectivity index (χ4n) is 2.96. The number of fused-ring (bicyclic) bond motifs is 1. The summed E-state index contributed by atoms with van der Waals surface area (Å²) < 4.78 is 28.0. The number of nitrogens with one attached hydrogen (secondary N) is 2. The third-order valence-corrected chi connectivity index (χ3v) is 4.28. The number of rotatable bonds is 6. The number of nitrogens with zero attached hydrogens (tertiary/aromatic N) is 3. The molecule has 3 rings (SSSR count). The van der Waals surface area contributed by atoms with E-state index in [2.05, 4.69) is 15.6 Å². The Morgan fingerprint density at radius 3 is 2.61 bits per heavy atom. The van der Waals surface area contributed by atoms with Crippen LogP contribution in [0.3, 0.4) is 0 Å². The van der Waals surface area contributed by atoms with Gasteiger partial charge in [-0.05, 0) is 25.1 Å². The van der Waals surface area contributed by atoms with Gasteiger partial charge in [0.15, 0.2) is 0 Å². The van der Waals surface area contributed by atoms with Crippen molar-refractivity contribution in [3.8, 4) is 0 Å². The summed E-state index contributed by atoms with van der Waals surface area (Å²) in [5.41, 5.74) is 0.780. The lowest BCUT2D eigenvalue weighted by molar-refractivity contribution is -0.384. The van der Waals surface area contributed by atoms with Gasteiger partial charge >= 0.3 is 6.55 Å². The van der Waals surface area contributed by atoms with Gasteiger partial charge < -0.3 is 10.6 Å². The van der Waals surface area contributed by atoms with Gasteiger partial charge in [0.1, 0.15) is 5.82 Å². The molecule has 1 atom stereocenters. The number of carbonyl (C=O) groups excluding carboxylic acids is 1. The van der Waals surface area contributed by atoms with Gasteiger partial charge in [-0.2, -0.15) is 8.78 Å². The molecule has 0 saturated carbocycles. The van der Waals surface area contributed by atoms with Crippen LogP contribution < -0.4 is 10.6 Å². The third kappa shape index (κ3) is 3.48. The lowest BCUT2D eigenvalue weighted by Gasteiger charge is -2.17. The van der Waals surface area contributed by atoms with E-state index in [1.807, 2.05) is 0 Å². The molecule has 1 amide bonds. The van der Waals surface area contributed by atoms with E-state index < -0.39 is 23.4 Å². The maximum absolute atomic E-state index is 13.6. The molecule has 0 aliphatic rings. The molecule has 0 aliphatic heterocycles. The first-order chi connectivity index (χ1) is 13.3. The molecule has 10 heteroatoms. The molecule has 0 radical (unpaired) electrons. The van der Waals surface area contributed by atoms with E-state index in [-0.39, 0.29) is 22.6 Å². The van der Waals surface area contributed by atoms with E-state index in [9.17, 15) is 23.7 Å². The van der Waals surface area contributed by atoms with Crippen LogP contribution in [0.5, 0.6) is 0 Å². The minimum atomic E-state index is -2.84. The molecule has 0 spiro atoms. The van der Waals surface area contributed by atoms with E-state index >= 15 is 0 Å². The Morgan fingerprint density at radius 2 is 1.96 bits per heavy atom. The zero-order valence-electron chi connectivity index (χ0n) is 15.0. The maximum atomic E-state index is 13.6. The molecule has 0 saturated heterocycles. The number of anilines is 1. The Labute approximate surface area is 158 Å². The first-order valence-electron chi connectivity index (χ1n) is 8.35. The zero-order valence-corrected chi connectivity index (χ0v) is 15.0. The molecule has 0 fully saturated rings. The van der Waals surface area contributed by atoms with Crippen molar-refractivity contribution >= 4 is 28.3 Å². The van der Waals surface area contributed by atoms with Crippen LogP contribution in [0.2, 0.25) is 0 Å². The number of halogens is 2. The summed E-state index contributed by atoms with van der Waals surface area (Å²) in [7, 11) is 1.57. The van der Waals surface area contributed by atoms with Gasteiger partial charge in [0.25, 0.3) is 11.6 Å². The summed E-state index contributed by atoms with van der Waals surface area (Å²) in [6, 6.07) is 9.37. The fourth-order valence-corrected chi connectivity index (χ4v) is 2.96. The minimum absolute atomic E-state index is 0.0130. The van der Waals surface area contributed by atoms with Gasteiger partial charge in [-0.1, -0.05) is 12.1 Å². The van der Waals surface area contributed by atoms with Crippen molar-refractivity contribution in [2.24, 2.45) is 0 Å². The van der Waals surface area contributed by atoms with Crippen LogP contribution >= 0.6 is 0 Å². The summed E-state index contributed by atoms with van der Waals surface area (Å²) in [5.74, 6) is -0.658. The molecule has 2 aromatic carbocycles. The van der Waals surface area contributed by atoms with Crippen LogP contribution in [0.1, 0.15) is 35.7 Å². The number of hydrogen-bond acceptors (Lipinski definition) is 5. The van der Waals surface area contributed by atoms with Crippen LogP contribution in [0.25, 0.3) is 11.0 Å². The molecule has 28 heavy (non-hydrogen) atoms. The molecule has 2 N–H and O–H groups in total. The standard InChI is InChI=1S/C18H17F2N5O3/c1-10(16-23-14-5-3-4-6-15(14)24(16)18(19)20)22-17(26)12-9-11(25(27)28)7-8-13(12)21-2/h3-10,18,21H,1-2H3,(H,22,26). The SMILES string of the molecule is CNc1ccc([N+](=O)[O-])cc1C(=O)NC(C)c1nc2ccccc2n1C(F)F. The topological polar surface area (TPSA) is 102 Å². The Hall–Kier alpha value is -3.56. The van der Waals surface area contributed by atoms with E-state index in [0.717, 1.165) is 10.6 Å². The largest absolute Gasteiger partial charge is 0.387 e. The van der Waals surface area contributed by atoms with Crippen molar-refractivity contribution in [3.63, 3.8) is 0 Å². The molecule has 8 nitrogen and oxygen atoms in total. The van der Waals surface area contributed by atoms with E-state index in [4.69, 9.17) is 0 Å². The first kappa shape index (κ1) is 19.2. The number of hydrogen-bond donors (Lipinski definition) is 2. The van der Waals surface area contributed by atoms with Gasteiger partial charge in [0.2, 0.25) is 0 Å². The van der Waals surface area contributed by atoms with Crippen molar-refractivity contribution in [3.05, 3.63) is 64.0 Å². The molecule has 0 bridgehead atoms. The number of amides is 1. The maximum Gasteiger partial charge on any atom is 0.320 e. The van der Waals surface area contributed by atoms with E-state index in [1.54, 1.807) is 25.2 Å².